The number of hydrogen-bond donors (Lipinski definition) is 2. The molecule has 84 valence electrons. The van der Waals surface area contributed by atoms with Gasteiger partial charge in [-0.15, -0.1) is 0 Å². The summed E-state index contributed by atoms with van der Waals surface area (Å²) in [4.78, 5) is 0. The Hall–Kier alpha value is -0.0900. The Morgan fingerprint density at radius 1 is 1.53 bits per heavy atom. The molecule has 0 aromatic heterocycles. The first kappa shape index (κ1) is 13.0. The van der Waals surface area contributed by atoms with Gasteiger partial charge in [0.15, 0.2) is 0 Å². The number of nitrogens with one attached hydrogen (secondary N) is 1. The van der Waals surface area contributed by atoms with Gasteiger partial charge in [0.25, 0.3) is 0 Å². The second-order valence-electron chi connectivity index (χ2n) is 3.42. The van der Waals surface area contributed by atoms with Crippen molar-refractivity contribution in [2.45, 2.75) is 25.9 Å². The highest BCUT2D eigenvalue weighted by Crippen LogP contribution is 2.23. The van der Waals surface area contributed by atoms with E-state index >= 15 is 0 Å². The molecular weight excluding hydrogens is 277 g/mol. The van der Waals surface area contributed by atoms with Crippen molar-refractivity contribution in [2.75, 3.05) is 6.61 Å². The fourth-order valence-electron chi connectivity index (χ4n) is 1.25. The van der Waals surface area contributed by atoms with Gasteiger partial charge < -0.3 is 10.4 Å². The first-order chi connectivity index (χ1) is 7.17. The highest BCUT2D eigenvalue weighted by molar-refractivity contribution is 9.10. The molecule has 2 nitrogen and oxygen atoms in total. The number of hydrogen-bond acceptors (Lipinski definition) is 2. The van der Waals surface area contributed by atoms with Crippen molar-refractivity contribution in [3.8, 4) is 0 Å². The van der Waals surface area contributed by atoms with Crippen LogP contribution in [0.15, 0.2) is 22.7 Å². The van der Waals surface area contributed by atoms with Crippen molar-refractivity contribution in [3.63, 3.8) is 0 Å². The second kappa shape index (κ2) is 6.48. The molecule has 0 aliphatic carbocycles. The standard InChI is InChI=1S/C11H15BrClNO/c1-2-9(7-15)14-6-8-3-4-11(13)10(12)5-8/h3-5,9,14-15H,2,6-7H2,1H3. The van der Waals surface area contributed by atoms with Crippen molar-refractivity contribution < 1.29 is 5.11 Å². The number of aliphatic hydroxyl groups excluding tert-OH is 1. The molecule has 0 fully saturated rings. The molecule has 1 aromatic rings. The van der Waals surface area contributed by atoms with Crippen LogP contribution in [0.2, 0.25) is 5.02 Å². The minimum Gasteiger partial charge on any atom is -0.395 e. The van der Waals surface area contributed by atoms with Gasteiger partial charge in [-0.25, -0.2) is 0 Å². The van der Waals surface area contributed by atoms with Crippen LogP contribution in [-0.2, 0) is 6.54 Å². The van der Waals surface area contributed by atoms with Crippen LogP contribution in [0.3, 0.4) is 0 Å². The fourth-order valence-corrected chi connectivity index (χ4v) is 1.79. The molecule has 1 aromatic carbocycles. The molecule has 1 atom stereocenters. The molecule has 0 bridgehead atoms. The van der Waals surface area contributed by atoms with E-state index in [0.717, 1.165) is 23.0 Å². The molecule has 0 saturated heterocycles. The lowest BCUT2D eigenvalue weighted by Crippen LogP contribution is -2.31. The highest BCUT2D eigenvalue weighted by Gasteiger charge is 2.04. The SMILES string of the molecule is CCC(CO)NCc1ccc(Cl)c(Br)c1. The molecule has 4 heteroatoms. The van der Waals surface area contributed by atoms with Crippen molar-refractivity contribution in [3.05, 3.63) is 33.3 Å². The molecular formula is C11H15BrClNO. The van der Waals surface area contributed by atoms with Crippen LogP contribution in [0.1, 0.15) is 18.9 Å². The van der Waals surface area contributed by atoms with E-state index in [1.54, 1.807) is 0 Å². The quantitative estimate of drug-likeness (QED) is 0.874. The summed E-state index contributed by atoms with van der Waals surface area (Å²) in [6.07, 6.45) is 0.922. The molecule has 1 rings (SSSR count). The van der Waals surface area contributed by atoms with Gasteiger partial charge in [-0.2, -0.15) is 0 Å². The van der Waals surface area contributed by atoms with Gasteiger partial charge in [0.2, 0.25) is 0 Å². The maximum Gasteiger partial charge on any atom is 0.0584 e. The average molecular weight is 293 g/mol. The fraction of sp³-hybridized carbons (Fsp3) is 0.455. The number of benzene rings is 1. The summed E-state index contributed by atoms with van der Waals surface area (Å²) in [6.45, 7) is 2.96. The molecule has 2 N–H and O–H groups in total. The van der Waals surface area contributed by atoms with Gasteiger partial charge in [-0.05, 0) is 40.0 Å². The summed E-state index contributed by atoms with van der Waals surface area (Å²) in [5.74, 6) is 0. The maximum absolute atomic E-state index is 9.01. The van der Waals surface area contributed by atoms with Crippen molar-refractivity contribution in [1.82, 2.24) is 5.32 Å². The number of rotatable bonds is 5. The minimum absolute atomic E-state index is 0.166. The summed E-state index contributed by atoms with van der Waals surface area (Å²) in [6, 6.07) is 5.99. The largest absolute Gasteiger partial charge is 0.395 e. The molecule has 0 aliphatic heterocycles. The third-order valence-electron chi connectivity index (χ3n) is 2.29. The first-order valence-corrected chi connectivity index (χ1v) is 6.12. The topological polar surface area (TPSA) is 32.3 Å². The van der Waals surface area contributed by atoms with Crippen LogP contribution in [0.25, 0.3) is 0 Å². The molecule has 0 spiro atoms. The predicted molar refractivity (Wildman–Crippen MR) is 67.2 cm³/mol. The van der Waals surface area contributed by atoms with Crippen LogP contribution in [0.4, 0.5) is 0 Å². The van der Waals surface area contributed by atoms with Crippen LogP contribution < -0.4 is 5.32 Å². The average Bonchev–Trinajstić information content (AvgIpc) is 2.24. The monoisotopic (exact) mass is 291 g/mol. The minimum atomic E-state index is 0.166. The summed E-state index contributed by atoms with van der Waals surface area (Å²) in [5.41, 5.74) is 1.15. The van der Waals surface area contributed by atoms with Crippen molar-refractivity contribution >= 4 is 27.5 Å². The third kappa shape index (κ3) is 4.11. The maximum atomic E-state index is 9.01. The smallest absolute Gasteiger partial charge is 0.0584 e. The van der Waals surface area contributed by atoms with Gasteiger partial charge in [0.1, 0.15) is 0 Å². The normalized spacial score (nSPS) is 12.8. The Kier molecular flexibility index (Phi) is 5.61. The zero-order chi connectivity index (χ0) is 11.3. The zero-order valence-corrected chi connectivity index (χ0v) is 11.0. The van der Waals surface area contributed by atoms with Crippen LogP contribution >= 0.6 is 27.5 Å². The van der Waals surface area contributed by atoms with E-state index in [9.17, 15) is 0 Å². The van der Waals surface area contributed by atoms with Crippen LogP contribution in [-0.4, -0.2) is 17.8 Å². The third-order valence-corrected chi connectivity index (χ3v) is 3.51. The lowest BCUT2D eigenvalue weighted by atomic mass is 10.2. The molecule has 0 heterocycles. The van der Waals surface area contributed by atoms with E-state index in [4.69, 9.17) is 16.7 Å². The van der Waals surface area contributed by atoms with Crippen LogP contribution in [0, 0.1) is 0 Å². The van der Waals surface area contributed by atoms with Crippen molar-refractivity contribution in [1.29, 1.82) is 0 Å². The van der Waals surface area contributed by atoms with Gasteiger partial charge >= 0.3 is 0 Å². The molecule has 0 radical (unpaired) electrons. The van der Waals surface area contributed by atoms with E-state index < -0.39 is 0 Å². The molecule has 0 amide bonds. The Labute approximate surface area is 104 Å². The Bertz CT molecular complexity index is 315. The highest BCUT2D eigenvalue weighted by atomic mass is 79.9. The lowest BCUT2D eigenvalue weighted by Gasteiger charge is -2.14. The van der Waals surface area contributed by atoms with Gasteiger partial charge in [0.05, 0.1) is 11.6 Å². The Morgan fingerprint density at radius 2 is 2.27 bits per heavy atom. The number of aliphatic hydroxyl groups is 1. The Balaban J connectivity index is 2.54. The van der Waals surface area contributed by atoms with Gasteiger partial charge in [0, 0.05) is 17.1 Å². The van der Waals surface area contributed by atoms with Crippen LogP contribution in [0.5, 0.6) is 0 Å². The van der Waals surface area contributed by atoms with Gasteiger partial charge in [-0.3, -0.25) is 0 Å². The summed E-state index contributed by atoms with van der Waals surface area (Å²) in [5, 5.41) is 13.0. The van der Waals surface area contributed by atoms with E-state index in [-0.39, 0.29) is 12.6 Å². The predicted octanol–water partition coefficient (Wildman–Crippen LogP) is 2.96. The molecule has 1 unspecified atom stereocenters. The summed E-state index contributed by atoms with van der Waals surface area (Å²) < 4.78 is 0.903. The van der Waals surface area contributed by atoms with E-state index in [1.165, 1.54) is 0 Å². The summed E-state index contributed by atoms with van der Waals surface area (Å²) >= 11 is 9.27. The Morgan fingerprint density at radius 3 is 2.80 bits per heavy atom. The summed E-state index contributed by atoms with van der Waals surface area (Å²) in [7, 11) is 0. The lowest BCUT2D eigenvalue weighted by molar-refractivity contribution is 0.238. The second-order valence-corrected chi connectivity index (χ2v) is 4.68. The molecule has 15 heavy (non-hydrogen) atoms. The van der Waals surface area contributed by atoms with Gasteiger partial charge in [-0.1, -0.05) is 24.6 Å². The zero-order valence-electron chi connectivity index (χ0n) is 8.63. The number of halogens is 2. The van der Waals surface area contributed by atoms with E-state index in [1.807, 2.05) is 25.1 Å². The molecule has 0 aliphatic rings. The van der Waals surface area contributed by atoms with Crippen molar-refractivity contribution in [2.24, 2.45) is 0 Å². The molecule has 0 saturated carbocycles. The first-order valence-electron chi connectivity index (χ1n) is 4.95. The van der Waals surface area contributed by atoms with E-state index in [0.29, 0.717) is 5.02 Å². The van der Waals surface area contributed by atoms with E-state index in [2.05, 4.69) is 21.2 Å².